The van der Waals surface area contributed by atoms with Gasteiger partial charge in [0.25, 0.3) is 0 Å². The molecule has 0 radical (unpaired) electrons. The molecule has 0 fully saturated rings. The molecule has 3 heteroatoms. The van der Waals surface area contributed by atoms with E-state index in [0.29, 0.717) is 18.7 Å². The lowest BCUT2D eigenvalue weighted by Crippen LogP contribution is -2.11. The molecule has 0 aromatic heterocycles. The molecule has 0 saturated heterocycles. The van der Waals surface area contributed by atoms with Gasteiger partial charge in [0, 0.05) is 12.1 Å². The van der Waals surface area contributed by atoms with Crippen molar-refractivity contribution in [2.75, 3.05) is 13.2 Å². The molecular formula is C17H20FNO. The second-order valence-corrected chi connectivity index (χ2v) is 4.56. The SMILES string of the molecule is CCNCc1ccc(-c2cccc(OCC)c2)c(F)c1. The zero-order chi connectivity index (χ0) is 14.4. The summed E-state index contributed by atoms with van der Waals surface area (Å²) < 4.78 is 19.7. The molecule has 2 aromatic rings. The lowest BCUT2D eigenvalue weighted by atomic mass is 10.0. The number of halogens is 1. The van der Waals surface area contributed by atoms with E-state index in [0.717, 1.165) is 23.4 Å². The fourth-order valence-corrected chi connectivity index (χ4v) is 2.09. The summed E-state index contributed by atoms with van der Waals surface area (Å²) in [6.45, 7) is 6.13. The summed E-state index contributed by atoms with van der Waals surface area (Å²) >= 11 is 0. The molecule has 106 valence electrons. The van der Waals surface area contributed by atoms with Crippen LogP contribution in [0.5, 0.6) is 5.75 Å². The average molecular weight is 273 g/mol. The van der Waals surface area contributed by atoms with Crippen LogP contribution >= 0.6 is 0 Å². The molecule has 0 bridgehead atoms. The van der Waals surface area contributed by atoms with Gasteiger partial charge in [-0.2, -0.15) is 0 Å². The van der Waals surface area contributed by atoms with Gasteiger partial charge in [-0.1, -0.05) is 31.2 Å². The lowest BCUT2D eigenvalue weighted by Gasteiger charge is -2.09. The Kier molecular flexibility index (Phi) is 5.13. The van der Waals surface area contributed by atoms with Crippen molar-refractivity contribution in [2.24, 2.45) is 0 Å². The van der Waals surface area contributed by atoms with Crippen LogP contribution in [0, 0.1) is 5.82 Å². The number of rotatable bonds is 6. The van der Waals surface area contributed by atoms with Crippen LogP contribution in [0.2, 0.25) is 0 Å². The van der Waals surface area contributed by atoms with Crippen molar-refractivity contribution in [1.29, 1.82) is 0 Å². The largest absolute Gasteiger partial charge is 0.494 e. The first-order valence-electron chi connectivity index (χ1n) is 6.97. The Morgan fingerprint density at radius 2 is 1.95 bits per heavy atom. The van der Waals surface area contributed by atoms with Gasteiger partial charge >= 0.3 is 0 Å². The smallest absolute Gasteiger partial charge is 0.131 e. The van der Waals surface area contributed by atoms with E-state index in [1.807, 2.05) is 50.2 Å². The van der Waals surface area contributed by atoms with Gasteiger partial charge in [0.15, 0.2) is 0 Å². The zero-order valence-corrected chi connectivity index (χ0v) is 11.9. The molecule has 2 rings (SSSR count). The van der Waals surface area contributed by atoms with E-state index < -0.39 is 0 Å². The maximum Gasteiger partial charge on any atom is 0.131 e. The molecule has 0 aliphatic heterocycles. The van der Waals surface area contributed by atoms with E-state index in [-0.39, 0.29) is 5.82 Å². The highest BCUT2D eigenvalue weighted by molar-refractivity contribution is 5.66. The summed E-state index contributed by atoms with van der Waals surface area (Å²) in [5.41, 5.74) is 2.39. The molecule has 0 aliphatic rings. The fraction of sp³-hybridized carbons (Fsp3) is 0.294. The summed E-state index contributed by atoms with van der Waals surface area (Å²) in [7, 11) is 0. The molecule has 2 nitrogen and oxygen atoms in total. The predicted octanol–water partition coefficient (Wildman–Crippen LogP) is 4.00. The maximum atomic E-state index is 14.2. The van der Waals surface area contributed by atoms with Gasteiger partial charge in [-0.25, -0.2) is 4.39 Å². The number of ether oxygens (including phenoxy) is 1. The molecule has 2 aromatic carbocycles. The third-order valence-corrected chi connectivity index (χ3v) is 3.07. The zero-order valence-electron chi connectivity index (χ0n) is 11.9. The molecule has 0 aliphatic carbocycles. The highest BCUT2D eigenvalue weighted by Gasteiger charge is 2.07. The summed E-state index contributed by atoms with van der Waals surface area (Å²) in [6.07, 6.45) is 0. The molecule has 0 saturated carbocycles. The Labute approximate surface area is 119 Å². The van der Waals surface area contributed by atoms with Crippen molar-refractivity contribution in [3.05, 3.63) is 53.8 Å². The van der Waals surface area contributed by atoms with E-state index in [4.69, 9.17) is 4.74 Å². The molecule has 0 atom stereocenters. The van der Waals surface area contributed by atoms with Crippen molar-refractivity contribution >= 4 is 0 Å². The summed E-state index contributed by atoms with van der Waals surface area (Å²) in [6, 6.07) is 12.9. The van der Waals surface area contributed by atoms with Gasteiger partial charge < -0.3 is 10.1 Å². The molecule has 1 N–H and O–H groups in total. The second-order valence-electron chi connectivity index (χ2n) is 4.56. The number of benzene rings is 2. The van der Waals surface area contributed by atoms with Crippen molar-refractivity contribution in [2.45, 2.75) is 20.4 Å². The van der Waals surface area contributed by atoms with Crippen LogP contribution in [-0.2, 0) is 6.54 Å². The summed E-state index contributed by atoms with van der Waals surface area (Å²) in [5, 5.41) is 3.19. The van der Waals surface area contributed by atoms with Crippen molar-refractivity contribution in [3.63, 3.8) is 0 Å². The Balaban J connectivity index is 2.26. The van der Waals surface area contributed by atoms with Crippen LogP contribution in [0.1, 0.15) is 19.4 Å². The Morgan fingerprint density at radius 1 is 1.10 bits per heavy atom. The van der Waals surface area contributed by atoms with E-state index in [1.165, 1.54) is 0 Å². The van der Waals surface area contributed by atoms with Crippen LogP contribution in [0.3, 0.4) is 0 Å². The van der Waals surface area contributed by atoms with Gasteiger partial charge in [-0.05, 0) is 42.8 Å². The van der Waals surface area contributed by atoms with Gasteiger partial charge in [0.2, 0.25) is 0 Å². The van der Waals surface area contributed by atoms with Crippen molar-refractivity contribution in [1.82, 2.24) is 5.32 Å². The molecule has 0 amide bonds. The monoisotopic (exact) mass is 273 g/mol. The number of nitrogens with one attached hydrogen (secondary N) is 1. The maximum absolute atomic E-state index is 14.2. The van der Waals surface area contributed by atoms with Crippen molar-refractivity contribution in [3.8, 4) is 16.9 Å². The lowest BCUT2D eigenvalue weighted by molar-refractivity contribution is 0.340. The van der Waals surface area contributed by atoms with E-state index >= 15 is 0 Å². The van der Waals surface area contributed by atoms with Gasteiger partial charge in [0.05, 0.1) is 6.61 Å². The first-order valence-corrected chi connectivity index (χ1v) is 6.97. The Morgan fingerprint density at radius 3 is 2.65 bits per heavy atom. The molecule has 0 unspecified atom stereocenters. The van der Waals surface area contributed by atoms with Crippen LogP contribution < -0.4 is 10.1 Å². The van der Waals surface area contributed by atoms with Crippen LogP contribution in [0.4, 0.5) is 4.39 Å². The quantitative estimate of drug-likeness (QED) is 0.859. The number of hydrogen-bond donors (Lipinski definition) is 1. The highest BCUT2D eigenvalue weighted by atomic mass is 19.1. The van der Waals surface area contributed by atoms with Crippen LogP contribution in [-0.4, -0.2) is 13.2 Å². The van der Waals surface area contributed by atoms with Crippen LogP contribution in [0.25, 0.3) is 11.1 Å². The topological polar surface area (TPSA) is 21.3 Å². The molecule has 0 heterocycles. The van der Waals surface area contributed by atoms with Crippen molar-refractivity contribution < 1.29 is 9.13 Å². The minimum absolute atomic E-state index is 0.200. The van der Waals surface area contributed by atoms with E-state index in [9.17, 15) is 4.39 Å². The standard InChI is InChI=1S/C17H20FNO/c1-3-19-12-13-8-9-16(17(18)10-13)14-6-5-7-15(11-14)20-4-2/h5-11,19H,3-4,12H2,1-2H3. The van der Waals surface area contributed by atoms with Crippen LogP contribution in [0.15, 0.2) is 42.5 Å². The Bertz CT molecular complexity index is 569. The summed E-state index contributed by atoms with van der Waals surface area (Å²) in [4.78, 5) is 0. The third-order valence-electron chi connectivity index (χ3n) is 3.07. The summed E-state index contributed by atoms with van der Waals surface area (Å²) in [5.74, 6) is 0.565. The predicted molar refractivity (Wildman–Crippen MR) is 80.4 cm³/mol. The van der Waals surface area contributed by atoms with Gasteiger partial charge in [-0.3, -0.25) is 0 Å². The van der Waals surface area contributed by atoms with E-state index in [2.05, 4.69) is 5.32 Å². The van der Waals surface area contributed by atoms with Gasteiger partial charge in [0.1, 0.15) is 11.6 Å². The molecule has 20 heavy (non-hydrogen) atoms. The average Bonchev–Trinajstić information content (AvgIpc) is 2.46. The number of hydrogen-bond acceptors (Lipinski definition) is 2. The first kappa shape index (κ1) is 14.5. The molecular weight excluding hydrogens is 253 g/mol. The first-order chi connectivity index (χ1) is 9.74. The molecule has 0 spiro atoms. The third kappa shape index (κ3) is 3.58. The normalized spacial score (nSPS) is 10.6. The fourth-order valence-electron chi connectivity index (χ4n) is 2.09. The minimum Gasteiger partial charge on any atom is -0.494 e. The van der Waals surface area contributed by atoms with Gasteiger partial charge in [-0.15, -0.1) is 0 Å². The second kappa shape index (κ2) is 7.06. The van der Waals surface area contributed by atoms with E-state index in [1.54, 1.807) is 6.07 Å². The Hall–Kier alpha value is -1.87. The minimum atomic E-state index is -0.200. The highest BCUT2D eigenvalue weighted by Crippen LogP contribution is 2.27.